The number of carbonyl (C=O) groups is 1. The lowest BCUT2D eigenvalue weighted by molar-refractivity contribution is -0.870. The first kappa shape index (κ1) is 54.0. The van der Waals surface area contributed by atoms with E-state index in [9.17, 15) is 19.4 Å². The molecule has 0 aromatic rings. The van der Waals surface area contributed by atoms with E-state index in [-0.39, 0.29) is 19.1 Å². The highest BCUT2D eigenvalue weighted by atomic mass is 31.2. The molecule has 9 heteroatoms. The van der Waals surface area contributed by atoms with Crippen LogP contribution in [0.15, 0.2) is 24.3 Å². The molecule has 1 amide bonds. The molecule has 0 radical (unpaired) electrons. The maximum atomic E-state index is 12.8. The summed E-state index contributed by atoms with van der Waals surface area (Å²) in [6.45, 7) is 4.77. The molecular formula is C46H92N2O6P+. The average molecular weight is 800 g/mol. The van der Waals surface area contributed by atoms with Crippen molar-refractivity contribution in [2.45, 2.75) is 225 Å². The van der Waals surface area contributed by atoms with Gasteiger partial charge in [0.15, 0.2) is 0 Å². The van der Waals surface area contributed by atoms with E-state index in [0.717, 1.165) is 38.5 Å². The Labute approximate surface area is 341 Å². The van der Waals surface area contributed by atoms with E-state index in [4.69, 9.17) is 9.05 Å². The third-order valence-corrected chi connectivity index (χ3v) is 11.4. The van der Waals surface area contributed by atoms with Crippen molar-refractivity contribution in [3.63, 3.8) is 0 Å². The maximum Gasteiger partial charge on any atom is 0.472 e. The minimum atomic E-state index is -4.34. The van der Waals surface area contributed by atoms with Crippen molar-refractivity contribution < 1.29 is 32.9 Å². The van der Waals surface area contributed by atoms with E-state index < -0.39 is 20.0 Å². The number of likely N-dealkylation sites (N-methyl/N-ethyl adjacent to an activating group) is 1. The van der Waals surface area contributed by atoms with Crippen molar-refractivity contribution in [1.82, 2.24) is 5.32 Å². The number of carbonyl (C=O) groups excluding carboxylic acids is 1. The summed E-state index contributed by atoms with van der Waals surface area (Å²) in [5, 5.41) is 13.8. The Kier molecular flexibility index (Phi) is 37.8. The number of hydrogen-bond acceptors (Lipinski definition) is 5. The molecule has 3 atom stereocenters. The van der Waals surface area contributed by atoms with Crippen LogP contribution in [-0.4, -0.2) is 73.4 Å². The zero-order valence-electron chi connectivity index (χ0n) is 36.9. The monoisotopic (exact) mass is 800 g/mol. The quantitative estimate of drug-likeness (QED) is 0.0246. The number of rotatable bonds is 42. The molecule has 0 heterocycles. The van der Waals surface area contributed by atoms with Crippen molar-refractivity contribution in [2.75, 3.05) is 40.9 Å². The number of amides is 1. The number of aliphatic hydroxyl groups excluding tert-OH is 1. The number of nitrogens with zero attached hydrogens (tertiary/aromatic N) is 1. The summed E-state index contributed by atoms with van der Waals surface area (Å²) in [6.07, 6.45) is 45.7. The van der Waals surface area contributed by atoms with Crippen molar-refractivity contribution in [3.05, 3.63) is 24.3 Å². The van der Waals surface area contributed by atoms with Gasteiger partial charge in [0.05, 0.1) is 39.9 Å². The molecule has 0 saturated carbocycles. The van der Waals surface area contributed by atoms with Gasteiger partial charge in [0.1, 0.15) is 13.2 Å². The van der Waals surface area contributed by atoms with Gasteiger partial charge in [-0.2, -0.15) is 0 Å². The van der Waals surface area contributed by atoms with Gasteiger partial charge in [0.25, 0.3) is 0 Å². The number of phosphoric acid groups is 1. The molecule has 0 bridgehead atoms. The smallest absolute Gasteiger partial charge is 0.387 e. The first-order chi connectivity index (χ1) is 26.5. The molecule has 0 saturated heterocycles. The lowest BCUT2D eigenvalue weighted by atomic mass is 10.0. The van der Waals surface area contributed by atoms with Crippen LogP contribution in [-0.2, 0) is 18.4 Å². The number of unbranched alkanes of at least 4 members (excludes halogenated alkanes) is 27. The zero-order valence-corrected chi connectivity index (χ0v) is 37.8. The highest BCUT2D eigenvalue weighted by Gasteiger charge is 2.27. The molecule has 0 aromatic heterocycles. The van der Waals surface area contributed by atoms with Gasteiger partial charge in [0, 0.05) is 6.42 Å². The standard InChI is InChI=1S/C46H91N2O6P/c1-6-8-10-12-14-16-17-18-19-20-21-22-23-24-25-26-27-28-29-30-31-32-33-35-37-39-45(49)44(43-54-55(51,52)53-42-41-48(3,4)5)47-46(50)40-38-36-34-15-13-11-9-7-2/h31-32,37,39,44-45,49H,6-30,33-36,38,40-43H2,1-5H3,(H-,47,50,51,52)/p+1/b32-31+,39-37+. The second kappa shape index (κ2) is 38.5. The molecule has 0 rings (SSSR count). The minimum Gasteiger partial charge on any atom is -0.387 e. The summed E-state index contributed by atoms with van der Waals surface area (Å²) in [5.41, 5.74) is 0. The predicted molar refractivity (Wildman–Crippen MR) is 235 cm³/mol. The molecule has 3 unspecified atom stereocenters. The summed E-state index contributed by atoms with van der Waals surface area (Å²) in [7, 11) is 1.56. The predicted octanol–water partition coefficient (Wildman–Crippen LogP) is 12.9. The fourth-order valence-electron chi connectivity index (χ4n) is 6.70. The Morgan fingerprint density at radius 1 is 0.600 bits per heavy atom. The number of quaternary nitrogens is 1. The second-order valence-electron chi connectivity index (χ2n) is 17.1. The van der Waals surface area contributed by atoms with Crippen LogP contribution in [0.1, 0.15) is 213 Å². The molecule has 0 aliphatic heterocycles. The first-order valence-corrected chi connectivity index (χ1v) is 24.7. The van der Waals surface area contributed by atoms with Gasteiger partial charge in [0.2, 0.25) is 5.91 Å². The Hall–Kier alpha value is -1.02. The number of phosphoric ester groups is 1. The maximum absolute atomic E-state index is 12.8. The molecule has 0 aliphatic carbocycles. The zero-order chi connectivity index (χ0) is 40.7. The van der Waals surface area contributed by atoms with Gasteiger partial charge in [-0.25, -0.2) is 4.57 Å². The Morgan fingerprint density at radius 3 is 1.45 bits per heavy atom. The molecule has 326 valence electrons. The second-order valence-corrected chi connectivity index (χ2v) is 18.6. The van der Waals surface area contributed by atoms with Gasteiger partial charge < -0.3 is 19.8 Å². The van der Waals surface area contributed by atoms with E-state index in [1.807, 2.05) is 27.2 Å². The third-order valence-electron chi connectivity index (χ3n) is 10.4. The first-order valence-electron chi connectivity index (χ1n) is 23.2. The number of aliphatic hydroxyl groups is 1. The van der Waals surface area contributed by atoms with Gasteiger partial charge >= 0.3 is 7.82 Å². The lowest BCUT2D eigenvalue weighted by Crippen LogP contribution is -2.45. The van der Waals surface area contributed by atoms with Gasteiger partial charge in [-0.1, -0.05) is 199 Å². The summed E-state index contributed by atoms with van der Waals surface area (Å²) >= 11 is 0. The van der Waals surface area contributed by atoms with Crippen molar-refractivity contribution >= 4 is 13.7 Å². The van der Waals surface area contributed by atoms with Crippen molar-refractivity contribution in [1.29, 1.82) is 0 Å². The van der Waals surface area contributed by atoms with Crippen molar-refractivity contribution in [2.24, 2.45) is 0 Å². The van der Waals surface area contributed by atoms with Gasteiger partial charge in [-0.15, -0.1) is 0 Å². The van der Waals surface area contributed by atoms with E-state index in [0.29, 0.717) is 17.4 Å². The van der Waals surface area contributed by atoms with Crippen LogP contribution in [0.2, 0.25) is 0 Å². The highest BCUT2D eigenvalue weighted by Crippen LogP contribution is 2.43. The minimum absolute atomic E-state index is 0.0578. The summed E-state index contributed by atoms with van der Waals surface area (Å²) in [5.74, 6) is -0.191. The van der Waals surface area contributed by atoms with Crippen molar-refractivity contribution in [3.8, 4) is 0 Å². The number of allylic oxidation sites excluding steroid dienone is 3. The fourth-order valence-corrected chi connectivity index (χ4v) is 7.44. The summed E-state index contributed by atoms with van der Waals surface area (Å²) < 4.78 is 23.5. The Morgan fingerprint density at radius 2 is 1.00 bits per heavy atom. The average Bonchev–Trinajstić information content (AvgIpc) is 3.13. The fraction of sp³-hybridized carbons (Fsp3) is 0.891. The van der Waals surface area contributed by atoms with E-state index in [2.05, 4.69) is 31.3 Å². The van der Waals surface area contributed by atoms with E-state index >= 15 is 0 Å². The van der Waals surface area contributed by atoms with Crippen LogP contribution in [0.25, 0.3) is 0 Å². The van der Waals surface area contributed by atoms with Gasteiger partial charge in [-0.05, 0) is 32.1 Å². The van der Waals surface area contributed by atoms with Crippen LogP contribution in [0, 0.1) is 0 Å². The molecule has 0 aliphatic rings. The van der Waals surface area contributed by atoms with Crippen LogP contribution >= 0.6 is 7.82 Å². The molecule has 0 fully saturated rings. The number of hydrogen-bond donors (Lipinski definition) is 3. The van der Waals surface area contributed by atoms with Gasteiger partial charge in [-0.3, -0.25) is 13.8 Å². The SMILES string of the molecule is CCCCCCCCCCCCCCCCCCCCC/C=C/CC/C=C/C(O)C(COP(=O)(O)OCC[N+](C)(C)C)NC(=O)CCCCCCCCCC. The van der Waals surface area contributed by atoms with Crippen LogP contribution in [0.4, 0.5) is 0 Å². The Balaban J connectivity index is 4.22. The molecular weight excluding hydrogens is 707 g/mol. The molecule has 55 heavy (non-hydrogen) atoms. The number of nitrogens with one attached hydrogen (secondary N) is 1. The van der Waals surface area contributed by atoms with Crippen LogP contribution in [0.3, 0.4) is 0 Å². The van der Waals surface area contributed by atoms with Crippen LogP contribution < -0.4 is 5.32 Å². The normalized spacial score (nSPS) is 14.5. The summed E-state index contributed by atoms with van der Waals surface area (Å²) in [4.78, 5) is 23.0. The Bertz CT molecular complexity index is 953. The highest BCUT2D eigenvalue weighted by molar-refractivity contribution is 7.47. The third kappa shape index (κ3) is 41.0. The molecule has 0 aromatic carbocycles. The molecule has 3 N–H and O–H groups in total. The lowest BCUT2D eigenvalue weighted by Gasteiger charge is -2.25. The molecule has 0 spiro atoms. The van der Waals surface area contributed by atoms with E-state index in [1.165, 1.54) is 154 Å². The largest absolute Gasteiger partial charge is 0.472 e. The molecule has 8 nitrogen and oxygen atoms in total. The van der Waals surface area contributed by atoms with E-state index in [1.54, 1.807) is 6.08 Å². The van der Waals surface area contributed by atoms with Crippen LogP contribution in [0.5, 0.6) is 0 Å². The topological polar surface area (TPSA) is 105 Å². The summed E-state index contributed by atoms with van der Waals surface area (Å²) in [6, 6.07) is -0.856.